The third-order valence-corrected chi connectivity index (χ3v) is 4.64. The van der Waals surface area contributed by atoms with Crippen LogP contribution in [0, 0.1) is 0 Å². The number of nitrogens with zero attached hydrogens (tertiary/aromatic N) is 2. The van der Waals surface area contributed by atoms with Gasteiger partial charge in [0.25, 0.3) is 5.91 Å². The zero-order valence-electron chi connectivity index (χ0n) is 14.0. The molecule has 5 nitrogen and oxygen atoms in total. The zero-order chi connectivity index (χ0) is 17.8. The number of benzene rings is 2. The number of carbonyl (C=O) groups is 2. The number of para-hydroxylation sites is 1. The van der Waals surface area contributed by atoms with Crippen molar-refractivity contribution in [2.75, 3.05) is 11.4 Å². The maximum absolute atomic E-state index is 12.7. The van der Waals surface area contributed by atoms with E-state index in [4.69, 9.17) is 4.74 Å². The first-order chi connectivity index (χ1) is 12.1. The summed E-state index contributed by atoms with van der Waals surface area (Å²) in [5, 5.41) is 0. The molecular formula is C19H18N2O3S. The van der Waals surface area contributed by atoms with Gasteiger partial charge in [-0.3, -0.25) is 4.79 Å². The first-order valence-electron chi connectivity index (χ1n) is 8.00. The second kappa shape index (κ2) is 7.44. The van der Waals surface area contributed by atoms with Crippen molar-refractivity contribution >= 4 is 39.1 Å². The third kappa shape index (κ3) is 3.69. The zero-order valence-corrected chi connectivity index (χ0v) is 14.8. The van der Waals surface area contributed by atoms with Gasteiger partial charge in [-0.15, -0.1) is 11.3 Å². The Morgan fingerprint density at radius 3 is 2.68 bits per heavy atom. The second-order valence-corrected chi connectivity index (χ2v) is 6.39. The number of rotatable bonds is 5. The molecule has 6 heteroatoms. The molecule has 1 aromatic heterocycles. The number of esters is 1. The molecule has 0 saturated heterocycles. The van der Waals surface area contributed by atoms with Gasteiger partial charge in [0.15, 0.2) is 6.10 Å². The van der Waals surface area contributed by atoms with E-state index in [1.165, 1.54) is 11.3 Å². The smallest absolute Gasteiger partial charge is 0.338 e. The van der Waals surface area contributed by atoms with Crippen LogP contribution in [-0.2, 0) is 9.53 Å². The summed E-state index contributed by atoms with van der Waals surface area (Å²) in [6.45, 7) is 3.98. The molecule has 0 bridgehead atoms. The van der Waals surface area contributed by atoms with Gasteiger partial charge in [0.1, 0.15) is 0 Å². The number of carbonyl (C=O) groups excluding carboxylic acids is 2. The number of likely N-dealkylation sites (N-methyl/N-ethyl adjacent to an activating group) is 1. The Labute approximate surface area is 149 Å². The highest BCUT2D eigenvalue weighted by Crippen LogP contribution is 2.20. The number of hydrogen-bond donors (Lipinski definition) is 0. The number of thiazole rings is 1. The first-order valence-corrected chi connectivity index (χ1v) is 8.88. The molecule has 0 aliphatic rings. The van der Waals surface area contributed by atoms with Crippen LogP contribution in [0.1, 0.15) is 24.2 Å². The summed E-state index contributed by atoms with van der Waals surface area (Å²) < 4.78 is 6.29. The van der Waals surface area contributed by atoms with Crippen molar-refractivity contribution in [3.8, 4) is 0 Å². The molecule has 2 aromatic carbocycles. The largest absolute Gasteiger partial charge is 0.449 e. The van der Waals surface area contributed by atoms with Crippen LogP contribution in [0.2, 0.25) is 0 Å². The molecule has 0 aliphatic heterocycles. The van der Waals surface area contributed by atoms with E-state index >= 15 is 0 Å². The van der Waals surface area contributed by atoms with Gasteiger partial charge in [-0.2, -0.15) is 0 Å². The lowest BCUT2D eigenvalue weighted by molar-refractivity contribution is -0.126. The summed E-state index contributed by atoms with van der Waals surface area (Å²) in [7, 11) is 0. The number of hydrogen-bond acceptors (Lipinski definition) is 5. The number of anilines is 1. The standard InChI is InChI=1S/C19H18N2O3S/c1-3-21(15-7-5-4-6-8-15)18(22)13(2)24-19(23)14-9-10-16-17(11-14)25-12-20-16/h4-13H,3H2,1-2H3/t13-/m0/s1. The number of aromatic nitrogens is 1. The molecule has 3 rings (SSSR count). The highest BCUT2D eigenvalue weighted by atomic mass is 32.1. The third-order valence-electron chi connectivity index (χ3n) is 3.85. The van der Waals surface area contributed by atoms with Crippen LogP contribution >= 0.6 is 11.3 Å². The summed E-state index contributed by atoms with van der Waals surface area (Å²) >= 11 is 1.46. The van der Waals surface area contributed by atoms with Gasteiger partial charge in [0.05, 0.1) is 21.3 Å². The molecule has 3 aromatic rings. The van der Waals surface area contributed by atoms with Crippen molar-refractivity contribution in [2.24, 2.45) is 0 Å². The maximum Gasteiger partial charge on any atom is 0.338 e. The molecule has 0 aliphatic carbocycles. The normalized spacial score (nSPS) is 11.9. The molecule has 0 radical (unpaired) electrons. The Balaban J connectivity index is 1.72. The lowest BCUT2D eigenvalue weighted by Crippen LogP contribution is -2.40. The summed E-state index contributed by atoms with van der Waals surface area (Å²) in [5.41, 5.74) is 3.76. The second-order valence-electron chi connectivity index (χ2n) is 5.50. The monoisotopic (exact) mass is 354 g/mol. The van der Waals surface area contributed by atoms with E-state index in [-0.39, 0.29) is 5.91 Å². The van der Waals surface area contributed by atoms with Gasteiger partial charge >= 0.3 is 5.97 Å². The molecular weight excluding hydrogens is 336 g/mol. The summed E-state index contributed by atoms with van der Waals surface area (Å²) in [6.07, 6.45) is -0.871. The van der Waals surface area contributed by atoms with E-state index in [0.29, 0.717) is 12.1 Å². The molecule has 0 unspecified atom stereocenters. The minimum absolute atomic E-state index is 0.249. The molecule has 1 heterocycles. The summed E-state index contributed by atoms with van der Waals surface area (Å²) in [5.74, 6) is -0.763. The average Bonchev–Trinajstić information content (AvgIpc) is 3.10. The van der Waals surface area contributed by atoms with Crippen LogP contribution in [0.4, 0.5) is 5.69 Å². The van der Waals surface area contributed by atoms with Crippen molar-refractivity contribution in [1.29, 1.82) is 0 Å². The molecule has 1 amide bonds. The molecule has 128 valence electrons. The number of ether oxygens (including phenoxy) is 1. The van der Waals surface area contributed by atoms with E-state index in [1.54, 1.807) is 35.5 Å². The van der Waals surface area contributed by atoms with Crippen molar-refractivity contribution in [3.05, 3.63) is 59.6 Å². The number of amides is 1. The fraction of sp³-hybridized carbons (Fsp3) is 0.211. The number of fused-ring (bicyclic) bond motifs is 1. The lowest BCUT2D eigenvalue weighted by atomic mass is 10.2. The van der Waals surface area contributed by atoms with E-state index in [1.807, 2.05) is 37.3 Å². The summed E-state index contributed by atoms with van der Waals surface area (Å²) in [4.78, 5) is 30.8. The fourth-order valence-electron chi connectivity index (χ4n) is 2.55. The maximum atomic E-state index is 12.7. The van der Waals surface area contributed by atoms with E-state index in [9.17, 15) is 9.59 Å². The van der Waals surface area contributed by atoms with Crippen LogP contribution in [0.5, 0.6) is 0 Å². The Kier molecular flexibility index (Phi) is 5.09. The van der Waals surface area contributed by atoms with Crippen LogP contribution in [0.3, 0.4) is 0 Å². The Bertz CT molecular complexity index is 892. The first kappa shape index (κ1) is 17.1. The Morgan fingerprint density at radius 2 is 1.96 bits per heavy atom. The molecule has 1 atom stereocenters. The molecule has 25 heavy (non-hydrogen) atoms. The predicted octanol–water partition coefficient (Wildman–Crippen LogP) is 3.89. The van der Waals surface area contributed by atoms with Crippen molar-refractivity contribution in [3.63, 3.8) is 0 Å². The van der Waals surface area contributed by atoms with Gasteiger partial charge in [-0.1, -0.05) is 18.2 Å². The molecule has 0 fully saturated rings. The lowest BCUT2D eigenvalue weighted by Gasteiger charge is -2.24. The Morgan fingerprint density at radius 1 is 1.20 bits per heavy atom. The average molecular weight is 354 g/mol. The molecule has 0 saturated carbocycles. The van der Waals surface area contributed by atoms with Gasteiger partial charge in [0, 0.05) is 12.2 Å². The highest BCUT2D eigenvalue weighted by Gasteiger charge is 2.24. The Hall–Kier alpha value is -2.73. The quantitative estimate of drug-likeness (QED) is 0.652. The van der Waals surface area contributed by atoms with E-state index in [0.717, 1.165) is 15.9 Å². The highest BCUT2D eigenvalue weighted by molar-refractivity contribution is 7.16. The molecule has 0 spiro atoms. The van der Waals surface area contributed by atoms with Crippen LogP contribution in [-0.4, -0.2) is 29.5 Å². The van der Waals surface area contributed by atoms with E-state index < -0.39 is 12.1 Å². The van der Waals surface area contributed by atoms with Crippen LogP contribution in [0.15, 0.2) is 54.0 Å². The predicted molar refractivity (Wildman–Crippen MR) is 99.0 cm³/mol. The minimum Gasteiger partial charge on any atom is -0.449 e. The SMILES string of the molecule is CCN(C(=O)[C@H](C)OC(=O)c1ccc2ncsc2c1)c1ccccc1. The van der Waals surface area contributed by atoms with Crippen LogP contribution < -0.4 is 4.90 Å². The van der Waals surface area contributed by atoms with Crippen molar-refractivity contribution in [2.45, 2.75) is 20.0 Å². The topological polar surface area (TPSA) is 59.5 Å². The van der Waals surface area contributed by atoms with Gasteiger partial charge in [0.2, 0.25) is 0 Å². The molecule has 0 N–H and O–H groups in total. The van der Waals surface area contributed by atoms with Gasteiger partial charge in [-0.05, 0) is 44.2 Å². The van der Waals surface area contributed by atoms with Crippen LogP contribution in [0.25, 0.3) is 10.2 Å². The van der Waals surface area contributed by atoms with E-state index in [2.05, 4.69) is 4.98 Å². The summed E-state index contributed by atoms with van der Waals surface area (Å²) in [6, 6.07) is 14.5. The fourth-order valence-corrected chi connectivity index (χ4v) is 3.27. The van der Waals surface area contributed by atoms with Crippen molar-refractivity contribution in [1.82, 2.24) is 4.98 Å². The minimum atomic E-state index is -0.871. The van der Waals surface area contributed by atoms with Crippen molar-refractivity contribution < 1.29 is 14.3 Å². The van der Waals surface area contributed by atoms with Gasteiger partial charge in [-0.25, -0.2) is 9.78 Å². The van der Waals surface area contributed by atoms with Gasteiger partial charge < -0.3 is 9.64 Å².